The molecule has 2 aromatic heterocycles. The third-order valence-electron chi connectivity index (χ3n) is 3.72. The second-order valence-corrected chi connectivity index (χ2v) is 5.36. The van der Waals surface area contributed by atoms with Crippen LogP contribution in [-0.4, -0.2) is 27.3 Å². The number of benzene rings is 2. The Morgan fingerprint density at radius 1 is 1.04 bits per heavy atom. The van der Waals surface area contributed by atoms with Crippen LogP contribution in [0.5, 0.6) is 11.6 Å². The molecule has 0 aliphatic heterocycles. The number of H-pyrrole nitrogens is 2. The number of aromatic amines is 2. The summed E-state index contributed by atoms with van der Waals surface area (Å²) in [5.74, 6) is 2.06. The predicted molar refractivity (Wildman–Crippen MR) is 91.0 cm³/mol. The summed E-state index contributed by atoms with van der Waals surface area (Å²) in [7, 11) is 1.65. The molecular formula is C18H16N4O2. The van der Waals surface area contributed by atoms with E-state index in [-0.39, 0.29) is 0 Å². The molecule has 0 saturated carbocycles. The highest BCUT2D eigenvalue weighted by Crippen LogP contribution is 2.22. The molecule has 0 aliphatic carbocycles. The Bertz CT molecular complexity index is 941. The highest BCUT2D eigenvalue weighted by molar-refractivity contribution is 5.78. The van der Waals surface area contributed by atoms with Gasteiger partial charge in [-0.1, -0.05) is 24.3 Å². The SMILES string of the molecule is COc1cccc(COc2cc(-c3nc4ccccc4[nH]3)[nH]n2)c1. The third kappa shape index (κ3) is 2.81. The van der Waals surface area contributed by atoms with E-state index in [0.717, 1.165) is 33.9 Å². The van der Waals surface area contributed by atoms with E-state index in [1.807, 2.05) is 54.6 Å². The first kappa shape index (κ1) is 14.3. The summed E-state index contributed by atoms with van der Waals surface area (Å²) in [6, 6.07) is 17.5. The van der Waals surface area contributed by atoms with Gasteiger partial charge in [0, 0.05) is 6.07 Å². The molecule has 120 valence electrons. The largest absolute Gasteiger partial charge is 0.497 e. The number of fused-ring (bicyclic) bond motifs is 1. The molecular weight excluding hydrogens is 304 g/mol. The number of ether oxygens (including phenoxy) is 2. The first-order valence-corrected chi connectivity index (χ1v) is 7.58. The highest BCUT2D eigenvalue weighted by atomic mass is 16.5. The molecule has 6 heteroatoms. The van der Waals surface area contributed by atoms with Gasteiger partial charge < -0.3 is 14.5 Å². The van der Waals surface area contributed by atoms with Crippen molar-refractivity contribution < 1.29 is 9.47 Å². The zero-order valence-electron chi connectivity index (χ0n) is 13.1. The topological polar surface area (TPSA) is 75.8 Å². The van der Waals surface area contributed by atoms with Crippen LogP contribution >= 0.6 is 0 Å². The zero-order chi connectivity index (χ0) is 16.4. The lowest BCUT2D eigenvalue weighted by Gasteiger charge is -2.04. The van der Waals surface area contributed by atoms with Crippen LogP contribution in [0.4, 0.5) is 0 Å². The fraction of sp³-hybridized carbons (Fsp3) is 0.111. The van der Waals surface area contributed by atoms with Crippen LogP contribution in [0.15, 0.2) is 54.6 Å². The monoisotopic (exact) mass is 320 g/mol. The van der Waals surface area contributed by atoms with E-state index in [1.54, 1.807) is 7.11 Å². The number of hydrogen-bond donors (Lipinski definition) is 2. The maximum atomic E-state index is 5.73. The van der Waals surface area contributed by atoms with E-state index in [4.69, 9.17) is 9.47 Å². The minimum atomic E-state index is 0.418. The van der Waals surface area contributed by atoms with E-state index >= 15 is 0 Å². The third-order valence-corrected chi connectivity index (χ3v) is 3.72. The molecule has 6 nitrogen and oxygen atoms in total. The minimum absolute atomic E-state index is 0.418. The first-order valence-electron chi connectivity index (χ1n) is 7.58. The van der Waals surface area contributed by atoms with Gasteiger partial charge in [0.05, 0.1) is 18.1 Å². The number of aromatic nitrogens is 4. The van der Waals surface area contributed by atoms with Gasteiger partial charge in [-0.3, -0.25) is 5.10 Å². The molecule has 0 bridgehead atoms. The molecule has 0 fully saturated rings. The molecule has 2 aromatic carbocycles. The number of nitrogens with zero attached hydrogens (tertiary/aromatic N) is 2. The number of para-hydroxylation sites is 2. The lowest BCUT2D eigenvalue weighted by atomic mass is 10.2. The standard InChI is InChI=1S/C18H16N4O2/c1-23-13-6-4-5-12(9-13)11-24-17-10-16(21-22-17)18-19-14-7-2-3-8-15(14)20-18/h2-10H,11H2,1H3,(H,19,20)(H,21,22). The number of hydrogen-bond acceptors (Lipinski definition) is 4. The van der Waals surface area contributed by atoms with Crippen molar-refractivity contribution >= 4 is 11.0 Å². The van der Waals surface area contributed by atoms with Gasteiger partial charge in [-0.05, 0) is 29.8 Å². The second-order valence-electron chi connectivity index (χ2n) is 5.36. The van der Waals surface area contributed by atoms with Crippen LogP contribution in [0, 0.1) is 0 Å². The Morgan fingerprint density at radius 2 is 1.96 bits per heavy atom. The fourth-order valence-electron chi connectivity index (χ4n) is 2.50. The molecule has 0 unspecified atom stereocenters. The van der Waals surface area contributed by atoms with Crippen molar-refractivity contribution in [2.45, 2.75) is 6.61 Å². The maximum absolute atomic E-state index is 5.73. The van der Waals surface area contributed by atoms with Gasteiger partial charge in [-0.25, -0.2) is 4.98 Å². The number of rotatable bonds is 5. The van der Waals surface area contributed by atoms with Crippen molar-refractivity contribution in [3.63, 3.8) is 0 Å². The normalized spacial score (nSPS) is 10.9. The van der Waals surface area contributed by atoms with Gasteiger partial charge in [-0.15, -0.1) is 5.10 Å². The van der Waals surface area contributed by atoms with E-state index in [0.29, 0.717) is 12.5 Å². The number of imidazole rings is 1. The summed E-state index contributed by atoms with van der Waals surface area (Å²) in [5, 5.41) is 7.13. The Hall–Kier alpha value is -3.28. The first-order chi connectivity index (χ1) is 11.8. The summed E-state index contributed by atoms with van der Waals surface area (Å²) >= 11 is 0. The van der Waals surface area contributed by atoms with Gasteiger partial charge in [-0.2, -0.15) is 0 Å². The summed E-state index contributed by atoms with van der Waals surface area (Å²) in [6.07, 6.45) is 0. The van der Waals surface area contributed by atoms with Crippen molar-refractivity contribution in [2.24, 2.45) is 0 Å². The quantitative estimate of drug-likeness (QED) is 0.590. The van der Waals surface area contributed by atoms with Crippen LogP contribution in [-0.2, 0) is 6.61 Å². The summed E-state index contributed by atoms with van der Waals surface area (Å²) in [6.45, 7) is 0.418. The molecule has 0 radical (unpaired) electrons. The Morgan fingerprint density at radius 3 is 2.83 bits per heavy atom. The molecule has 0 saturated heterocycles. The fourth-order valence-corrected chi connectivity index (χ4v) is 2.50. The highest BCUT2D eigenvalue weighted by Gasteiger charge is 2.09. The van der Waals surface area contributed by atoms with Crippen LogP contribution in [0.1, 0.15) is 5.56 Å². The van der Waals surface area contributed by atoms with Crippen LogP contribution in [0.25, 0.3) is 22.6 Å². The van der Waals surface area contributed by atoms with Crippen molar-refractivity contribution in [3.05, 3.63) is 60.2 Å². The molecule has 0 amide bonds. The molecule has 0 aliphatic rings. The molecule has 0 spiro atoms. The Labute approximate surface area is 138 Å². The van der Waals surface area contributed by atoms with Crippen molar-refractivity contribution in [2.75, 3.05) is 7.11 Å². The van der Waals surface area contributed by atoms with Gasteiger partial charge in [0.15, 0.2) is 5.82 Å². The van der Waals surface area contributed by atoms with E-state index in [9.17, 15) is 0 Å². The maximum Gasteiger partial charge on any atom is 0.233 e. The van der Waals surface area contributed by atoms with Crippen LogP contribution in [0.3, 0.4) is 0 Å². The molecule has 0 atom stereocenters. The lowest BCUT2D eigenvalue weighted by molar-refractivity contribution is 0.292. The van der Waals surface area contributed by atoms with E-state index < -0.39 is 0 Å². The summed E-state index contributed by atoms with van der Waals surface area (Å²) in [4.78, 5) is 7.80. The van der Waals surface area contributed by atoms with E-state index in [1.165, 1.54) is 0 Å². The van der Waals surface area contributed by atoms with E-state index in [2.05, 4.69) is 20.2 Å². The Kier molecular flexibility index (Phi) is 3.63. The van der Waals surface area contributed by atoms with Crippen molar-refractivity contribution in [1.82, 2.24) is 20.2 Å². The lowest BCUT2D eigenvalue weighted by Crippen LogP contribution is -1.96. The van der Waals surface area contributed by atoms with Gasteiger partial charge in [0.25, 0.3) is 0 Å². The average Bonchev–Trinajstić information content (AvgIpc) is 3.26. The van der Waals surface area contributed by atoms with Crippen LogP contribution < -0.4 is 9.47 Å². The molecule has 24 heavy (non-hydrogen) atoms. The van der Waals surface area contributed by atoms with Gasteiger partial charge in [0.2, 0.25) is 5.88 Å². The molecule has 2 N–H and O–H groups in total. The van der Waals surface area contributed by atoms with Crippen molar-refractivity contribution in [3.8, 4) is 23.1 Å². The molecule has 4 aromatic rings. The average molecular weight is 320 g/mol. The smallest absolute Gasteiger partial charge is 0.233 e. The Balaban J connectivity index is 1.50. The van der Waals surface area contributed by atoms with Gasteiger partial charge in [0.1, 0.15) is 18.1 Å². The summed E-state index contributed by atoms with van der Waals surface area (Å²) < 4.78 is 10.9. The molecule has 2 heterocycles. The summed E-state index contributed by atoms with van der Waals surface area (Å²) in [5.41, 5.74) is 3.70. The minimum Gasteiger partial charge on any atom is -0.497 e. The predicted octanol–water partition coefficient (Wildman–Crippen LogP) is 3.54. The molecule has 4 rings (SSSR count). The number of methoxy groups -OCH3 is 1. The van der Waals surface area contributed by atoms with Gasteiger partial charge >= 0.3 is 0 Å². The van der Waals surface area contributed by atoms with Crippen molar-refractivity contribution in [1.29, 1.82) is 0 Å². The second kappa shape index (κ2) is 6.08. The number of nitrogens with one attached hydrogen (secondary N) is 2. The zero-order valence-corrected chi connectivity index (χ0v) is 13.1. The van der Waals surface area contributed by atoms with Crippen LogP contribution in [0.2, 0.25) is 0 Å².